The maximum Gasteiger partial charge on any atom is 0.490 e. The lowest BCUT2D eigenvalue weighted by Crippen LogP contribution is -2.33. The minimum Gasteiger partial charge on any atom is -0.390 e. The van der Waals surface area contributed by atoms with Crippen molar-refractivity contribution in [2.75, 3.05) is 19.7 Å². The van der Waals surface area contributed by atoms with Gasteiger partial charge in [-0.15, -0.1) is 0 Å². The van der Waals surface area contributed by atoms with E-state index >= 15 is 0 Å². The molecular formula is C18H31N4O15P3. The fourth-order valence-corrected chi connectivity index (χ4v) is 6.43. The van der Waals surface area contributed by atoms with E-state index in [1.165, 1.54) is 0 Å². The van der Waals surface area contributed by atoms with Gasteiger partial charge in [0.1, 0.15) is 12.3 Å². The number of phosphoric ester groups is 1. The molecule has 40 heavy (non-hydrogen) atoms. The zero-order valence-corrected chi connectivity index (χ0v) is 23.5. The highest BCUT2D eigenvalue weighted by Gasteiger charge is 2.43. The van der Waals surface area contributed by atoms with Crippen molar-refractivity contribution in [3.8, 4) is 0 Å². The number of hydrogen-bond donors (Lipinski definition) is 8. The Balaban J connectivity index is 2.00. The van der Waals surface area contributed by atoms with E-state index in [2.05, 4.69) is 18.5 Å². The third-order valence-corrected chi connectivity index (χ3v) is 8.97. The smallest absolute Gasteiger partial charge is 0.390 e. The molecule has 0 aromatic carbocycles. The largest absolute Gasteiger partial charge is 0.490 e. The molecule has 9 N–H and O–H groups in total. The van der Waals surface area contributed by atoms with Gasteiger partial charge in [0.05, 0.1) is 18.3 Å². The van der Waals surface area contributed by atoms with Crippen LogP contribution in [-0.2, 0) is 36.4 Å². The maximum atomic E-state index is 12.3. The number of hydrogen-bond acceptors (Lipinski definition) is 12. The van der Waals surface area contributed by atoms with Crippen LogP contribution in [0.3, 0.4) is 0 Å². The van der Waals surface area contributed by atoms with Gasteiger partial charge in [-0.25, -0.2) is 18.5 Å². The molecule has 22 heteroatoms. The second kappa shape index (κ2) is 14.9. The number of nitrogens with zero attached hydrogens (tertiary/aromatic N) is 1. The number of aromatic nitrogens is 2. The highest BCUT2D eigenvalue weighted by atomic mass is 31.3. The van der Waals surface area contributed by atoms with Crippen LogP contribution in [0.2, 0.25) is 0 Å². The van der Waals surface area contributed by atoms with Gasteiger partial charge in [0.2, 0.25) is 5.91 Å². The Morgan fingerprint density at radius 2 is 1.80 bits per heavy atom. The molecule has 0 spiro atoms. The van der Waals surface area contributed by atoms with Crippen molar-refractivity contribution in [3.63, 3.8) is 0 Å². The van der Waals surface area contributed by atoms with Crippen LogP contribution in [0.25, 0.3) is 6.08 Å². The SMILES string of the molecule is NCCCCCCNC(=O)C=Cc1cn(C2CC(O)C(COP(=O)(O)OP(=O)(O)OP(=O)(O)O)O2)c(=O)[nH]c1=O. The van der Waals surface area contributed by atoms with Gasteiger partial charge < -0.3 is 40.5 Å². The van der Waals surface area contributed by atoms with Gasteiger partial charge in [0.15, 0.2) is 0 Å². The van der Waals surface area contributed by atoms with E-state index in [1.54, 1.807) is 0 Å². The molecule has 0 saturated carbocycles. The fraction of sp³-hybridized carbons (Fsp3) is 0.611. The van der Waals surface area contributed by atoms with E-state index < -0.39 is 65.7 Å². The lowest BCUT2D eigenvalue weighted by atomic mass is 10.2. The quantitative estimate of drug-likeness (QED) is 0.0624. The number of carbonyl (C=O) groups is 1. The summed E-state index contributed by atoms with van der Waals surface area (Å²) in [5, 5.41) is 12.9. The van der Waals surface area contributed by atoms with Crippen LogP contribution in [0.15, 0.2) is 21.9 Å². The van der Waals surface area contributed by atoms with Crippen LogP contribution in [0.1, 0.15) is 43.9 Å². The molecule has 1 amide bonds. The summed E-state index contributed by atoms with van der Waals surface area (Å²) in [5.74, 6) is -0.477. The van der Waals surface area contributed by atoms with E-state index in [-0.39, 0.29) is 12.0 Å². The molecule has 0 aliphatic carbocycles. The topological polar surface area (TPSA) is 299 Å². The Labute approximate surface area is 226 Å². The van der Waals surface area contributed by atoms with Gasteiger partial charge in [-0.05, 0) is 25.5 Å². The monoisotopic (exact) mass is 636 g/mol. The average molecular weight is 636 g/mol. The molecule has 1 aliphatic heterocycles. The molecule has 2 heterocycles. The molecule has 0 radical (unpaired) electrons. The summed E-state index contributed by atoms with van der Waals surface area (Å²) in [5.41, 5.74) is 3.57. The zero-order chi connectivity index (χ0) is 30.1. The molecule has 19 nitrogen and oxygen atoms in total. The van der Waals surface area contributed by atoms with Gasteiger partial charge >= 0.3 is 29.2 Å². The predicted octanol–water partition coefficient (Wildman–Crippen LogP) is -0.823. The number of aromatic amines is 1. The van der Waals surface area contributed by atoms with Crippen LogP contribution in [0.5, 0.6) is 0 Å². The predicted molar refractivity (Wildman–Crippen MR) is 135 cm³/mol. The molecule has 5 unspecified atom stereocenters. The first kappa shape index (κ1) is 34.4. The Hall–Kier alpha value is -1.82. The van der Waals surface area contributed by atoms with Crippen molar-refractivity contribution >= 4 is 35.5 Å². The van der Waals surface area contributed by atoms with Crippen LogP contribution < -0.4 is 22.3 Å². The number of nitrogens with two attached hydrogens (primary N) is 1. The van der Waals surface area contributed by atoms with Gasteiger partial charge in [0.25, 0.3) is 5.56 Å². The second-order valence-electron chi connectivity index (χ2n) is 8.40. The lowest BCUT2D eigenvalue weighted by molar-refractivity contribution is -0.116. The zero-order valence-electron chi connectivity index (χ0n) is 20.8. The standard InChI is InChI=1S/C18H31N4O15P3/c19-7-3-1-2-4-8-20-15(24)6-5-12-10-22(18(26)21-17(12)25)16-9-13(23)14(35-16)11-34-39(30,31)37-40(32,33)36-38(27,28)29/h5-6,10,13-14,16,23H,1-4,7-9,11,19H2,(H,20,24)(H,30,31)(H,32,33)(H,21,25,26)(H2,27,28,29). The number of amides is 1. The van der Waals surface area contributed by atoms with Crippen molar-refractivity contribution in [1.29, 1.82) is 0 Å². The van der Waals surface area contributed by atoms with Gasteiger partial charge in [0, 0.05) is 25.2 Å². The molecule has 1 aromatic rings. The molecule has 1 saturated heterocycles. The number of H-pyrrole nitrogens is 1. The van der Waals surface area contributed by atoms with E-state index in [4.69, 9.17) is 20.3 Å². The van der Waals surface area contributed by atoms with Crippen LogP contribution in [0, 0.1) is 0 Å². The summed E-state index contributed by atoms with van der Waals surface area (Å²) in [6.07, 6.45) is 2.49. The van der Waals surface area contributed by atoms with Crippen LogP contribution >= 0.6 is 23.5 Å². The summed E-state index contributed by atoms with van der Waals surface area (Å²) >= 11 is 0. The Morgan fingerprint density at radius 1 is 1.12 bits per heavy atom. The Bertz CT molecular complexity index is 1310. The number of rotatable bonds is 16. The Kier molecular flexibility index (Phi) is 12.8. The van der Waals surface area contributed by atoms with Crippen molar-refractivity contribution in [2.45, 2.75) is 50.5 Å². The highest BCUT2D eigenvalue weighted by molar-refractivity contribution is 7.66. The van der Waals surface area contributed by atoms with E-state index in [0.717, 1.165) is 48.6 Å². The van der Waals surface area contributed by atoms with E-state index in [1.807, 2.05) is 4.98 Å². The number of unbranched alkanes of at least 4 members (excludes halogenated alkanes) is 3. The van der Waals surface area contributed by atoms with Crippen LogP contribution in [0.4, 0.5) is 0 Å². The molecular weight excluding hydrogens is 605 g/mol. The molecule has 1 aromatic heterocycles. The first-order valence-electron chi connectivity index (χ1n) is 11.7. The molecule has 228 valence electrons. The van der Waals surface area contributed by atoms with E-state index in [0.29, 0.717) is 13.1 Å². The summed E-state index contributed by atoms with van der Waals surface area (Å²) in [6.45, 7) is 0.0666. The summed E-state index contributed by atoms with van der Waals surface area (Å²) in [4.78, 5) is 74.4. The van der Waals surface area contributed by atoms with Crippen LogP contribution in [-0.4, -0.2) is 72.0 Å². The number of nitrogens with one attached hydrogen (secondary N) is 2. The van der Waals surface area contributed by atoms with Crippen molar-refractivity contribution in [3.05, 3.63) is 38.7 Å². The number of aliphatic hydroxyl groups excluding tert-OH is 1. The minimum atomic E-state index is -5.74. The summed E-state index contributed by atoms with van der Waals surface area (Å²) < 4.78 is 51.9. The summed E-state index contributed by atoms with van der Waals surface area (Å²) in [7, 11) is -16.8. The number of ether oxygens (including phenoxy) is 1. The Morgan fingerprint density at radius 3 is 2.45 bits per heavy atom. The third-order valence-electron chi connectivity index (χ3n) is 5.17. The van der Waals surface area contributed by atoms with Crippen molar-refractivity contribution in [1.82, 2.24) is 14.9 Å². The maximum absolute atomic E-state index is 12.3. The van der Waals surface area contributed by atoms with Gasteiger partial charge in [-0.3, -0.25) is 23.7 Å². The minimum absolute atomic E-state index is 0.104. The lowest BCUT2D eigenvalue weighted by Gasteiger charge is -2.19. The highest BCUT2D eigenvalue weighted by Crippen LogP contribution is 2.66. The second-order valence-corrected chi connectivity index (χ2v) is 12.8. The third kappa shape index (κ3) is 12.0. The number of phosphoric acid groups is 3. The molecule has 5 atom stereocenters. The van der Waals surface area contributed by atoms with Crippen molar-refractivity contribution < 1.29 is 61.1 Å². The first-order chi connectivity index (χ1) is 18.5. The number of aliphatic hydroxyl groups is 1. The molecule has 1 fully saturated rings. The first-order valence-corrected chi connectivity index (χ1v) is 16.2. The molecule has 2 rings (SSSR count). The summed E-state index contributed by atoms with van der Waals surface area (Å²) in [6, 6.07) is 0. The average Bonchev–Trinajstić information content (AvgIpc) is 3.17. The fourth-order valence-electron chi connectivity index (χ4n) is 3.40. The van der Waals surface area contributed by atoms with Crippen molar-refractivity contribution in [2.24, 2.45) is 5.73 Å². The van der Waals surface area contributed by atoms with Gasteiger partial charge in [-0.2, -0.15) is 8.62 Å². The van der Waals surface area contributed by atoms with E-state index in [9.17, 15) is 43.0 Å². The normalized spacial score (nSPS) is 22.7. The number of carbonyl (C=O) groups excluding carboxylic acids is 1. The molecule has 1 aliphatic rings. The van der Waals surface area contributed by atoms with Gasteiger partial charge in [-0.1, -0.05) is 12.8 Å². The molecule has 0 bridgehead atoms.